The van der Waals surface area contributed by atoms with Gasteiger partial charge in [0.2, 0.25) is 0 Å². The van der Waals surface area contributed by atoms with Crippen molar-refractivity contribution in [1.82, 2.24) is 10.3 Å². The second-order valence-corrected chi connectivity index (χ2v) is 6.47. The van der Waals surface area contributed by atoms with Crippen LogP contribution in [0.15, 0.2) is 31.8 Å². The normalized spacial score (nSPS) is 10.9. The number of oxazole rings is 1. The van der Waals surface area contributed by atoms with Crippen molar-refractivity contribution in [3.8, 4) is 0 Å². The van der Waals surface area contributed by atoms with E-state index in [1.807, 2.05) is 6.92 Å². The standard InChI is InChI=1S/C11H13BrN2OS2/c1-8-6-15-11(14-8)16-3-2-13-5-10-4-9(12)7-17-10/h4,6-7,13H,2-3,5H2,1H3. The van der Waals surface area contributed by atoms with Crippen molar-refractivity contribution in [3.63, 3.8) is 0 Å². The minimum Gasteiger partial charge on any atom is -0.440 e. The topological polar surface area (TPSA) is 38.1 Å². The summed E-state index contributed by atoms with van der Waals surface area (Å²) in [6.45, 7) is 3.80. The lowest BCUT2D eigenvalue weighted by Crippen LogP contribution is -2.15. The van der Waals surface area contributed by atoms with Gasteiger partial charge < -0.3 is 9.73 Å². The van der Waals surface area contributed by atoms with Crippen LogP contribution in [0, 0.1) is 6.92 Å². The van der Waals surface area contributed by atoms with E-state index in [0.717, 1.165) is 34.2 Å². The first-order valence-corrected chi connectivity index (χ1v) is 7.88. The molecule has 0 radical (unpaired) electrons. The third kappa shape index (κ3) is 4.46. The Morgan fingerprint density at radius 2 is 2.47 bits per heavy atom. The minimum atomic E-state index is 0.753. The number of halogens is 1. The molecule has 0 saturated heterocycles. The van der Waals surface area contributed by atoms with Gasteiger partial charge in [0.05, 0.1) is 5.69 Å². The molecule has 0 spiro atoms. The van der Waals surface area contributed by atoms with Crippen molar-refractivity contribution < 1.29 is 4.42 Å². The SMILES string of the molecule is Cc1coc(SCCNCc2cc(Br)cs2)n1. The van der Waals surface area contributed by atoms with E-state index in [1.54, 1.807) is 29.4 Å². The van der Waals surface area contributed by atoms with Crippen LogP contribution >= 0.6 is 39.0 Å². The molecule has 92 valence electrons. The zero-order valence-electron chi connectivity index (χ0n) is 9.40. The van der Waals surface area contributed by atoms with E-state index >= 15 is 0 Å². The van der Waals surface area contributed by atoms with Crippen molar-refractivity contribution in [3.05, 3.63) is 32.8 Å². The number of thiophene rings is 1. The van der Waals surface area contributed by atoms with Gasteiger partial charge in [0.25, 0.3) is 5.22 Å². The Balaban J connectivity index is 1.60. The molecular formula is C11H13BrN2OS2. The van der Waals surface area contributed by atoms with Crippen LogP contribution in [0.3, 0.4) is 0 Å². The number of hydrogen-bond donors (Lipinski definition) is 1. The van der Waals surface area contributed by atoms with Crippen LogP contribution in [0.4, 0.5) is 0 Å². The fraction of sp³-hybridized carbons (Fsp3) is 0.364. The second kappa shape index (κ2) is 6.58. The van der Waals surface area contributed by atoms with Gasteiger partial charge in [-0.05, 0) is 28.9 Å². The lowest BCUT2D eigenvalue weighted by molar-refractivity contribution is 0.454. The first-order valence-electron chi connectivity index (χ1n) is 5.22. The van der Waals surface area contributed by atoms with Gasteiger partial charge in [0.15, 0.2) is 0 Å². The van der Waals surface area contributed by atoms with E-state index in [0.29, 0.717) is 0 Å². The molecule has 0 unspecified atom stereocenters. The molecule has 0 aromatic carbocycles. The maximum atomic E-state index is 5.25. The number of hydrogen-bond acceptors (Lipinski definition) is 5. The van der Waals surface area contributed by atoms with Crippen LogP contribution in [0.2, 0.25) is 0 Å². The number of rotatable bonds is 6. The lowest BCUT2D eigenvalue weighted by atomic mass is 10.4. The van der Waals surface area contributed by atoms with Crippen molar-refractivity contribution >= 4 is 39.0 Å². The Morgan fingerprint density at radius 3 is 3.12 bits per heavy atom. The smallest absolute Gasteiger partial charge is 0.255 e. The van der Waals surface area contributed by atoms with Crippen molar-refractivity contribution in [1.29, 1.82) is 0 Å². The van der Waals surface area contributed by atoms with Crippen LogP contribution in [-0.2, 0) is 6.54 Å². The van der Waals surface area contributed by atoms with E-state index in [4.69, 9.17) is 4.42 Å². The predicted molar refractivity (Wildman–Crippen MR) is 75.7 cm³/mol. The summed E-state index contributed by atoms with van der Waals surface area (Å²) in [6, 6.07) is 2.14. The molecule has 0 amide bonds. The van der Waals surface area contributed by atoms with Crippen LogP contribution in [0.25, 0.3) is 0 Å². The number of aromatic nitrogens is 1. The summed E-state index contributed by atoms with van der Waals surface area (Å²) in [6.07, 6.45) is 1.68. The van der Waals surface area contributed by atoms with Gasteiger partial charge in [0, 0.05) is 33.6 Å². The summed E-state index contributed by atoms with van der Waals surface area (Å²) in [5, 5.41) is 6.24. The van der Waals surface area contributed by atoms with Crippen molar-refractivity contribution in [2.24, 2.45) is 0 Å². The Morgan fingerprint density at radius 1 is 1.59 bits per heavy atom. The van der Waals surface area contributed by atoms with Crippen LogP contribution in [-0.4, -0.2) is 17.3 Å². The number of thioether (sulfide) groups is 1. The minimum absolute atomic E-state index is 0.753. The largest absolute Gasteiger partial charge is 0.440 e. The molecule has 0 aliphatic heterocycles. The summed E-state index contributed by atoms with van der Waals surface area (Å²) in [7, 11) is 0. The third-order valence-corrected chi connectivity index (χ3v) is 4.56. The molecular weight excluding hydrogens is 320 g/mol. The molecule has 0 saturated carbocycles. The molecule has 0 aliphatic rings. The highest BCUT2D eigenvalue weighted by atomic mass is 79.9. The van der Waals surface area contributed by atoms with Crippen LogP contribution < -0.4 is 5.32 Å². The van der Waals surface area contributed by atoms with Crippen LogP contribution in [0.1, 0.15) is 10.6 Å². The molecule has 1 N–H and O–H groups in total. The van der Waals surface area contributed by atoms with E-state index in [-0.39, 0.29) is 0 Å². The molecule has 2 aromatic heterocycles. The third-order valence-electron chi connectivity index (χ3n) is 2.02. The van der Waals surface area contributed by atoms with Gasteiger partial charge in [-0.3, -0.25) is 0 Å². The van der Waals surface area contributed by atoms with Gasteiger partial charge in [-0.2, -0.15) is 0 Å². The maximum Gasteiger partial charge on any atom is 0.255 e. The summed E-state index contributed by atoms with van der Waals surface area (Å²) >= 11 is 6.84. The molecule has 2 aromatic rings. The zero-order valence-corrected chi connectivity index (χ0v) is 12.6. The quantitative estimate of drug-likeness (QED) is 0.646. The van der Waals surface area contributed by atoms with Gasteiger partial charge in [-0.15, -0.1) is 11.3 Å². The Kier molecular flexibility index (Phi) is 5.09. The van der Waals surface area contributed by atoms with Gasteiger partial charge >= 0.3 is 0 Å². The molecule has 0 atom stereocenters. The molecule has 3 nitrogen and oxygen atoms in total. The Labute approximate surface area is 117 Å². The highest BCUT2D eigenvalue weighted by Crippen LogP contribution is 2.19. The fourth-order valence-corrected chi connectivity index (χ4v) is 3.43. The summed E-state index contributed by atoms with van der Waals surface area (Å²) in [4.78, 5) is 5.58. The molecule has 0 bridgehead atoms. The number of nitrogens with zero attached hydrogens (tertiary/aromatic N) is 1. The lowest BCUT2D eigenvalue weighted by Gasteiger charge is -2.00. The molecule has 2 heterocycles. The summed E-state index contributed by atoms with van der Waals surface area (Å²) in [5.41, 5.74) is 0.934. The van der Waals surface area contributed by atoms with Crippen LogP contribution in [0.5, 0.6) is 0 Å². The predicted octanol–water partition coefficient (Wildman–Crippen LogP) is 3.69. The first kappa shape index (κ1) is 13.1. The fourth-order valence-electron chi connectivity index (χ4n) is 1.27. The number of nitrogens with one attached hydrogen (secondary N) is 1. The monoisotopic (exact) mass is 332 g/mol. The van der Waals surface area contributed by atoms with Crippen molar-refractivity contribution in [2.45, 2.75) is 18.7 Å². The molecule has 2 rings (SSSR count). The second-order valence-electron chi connectivity index (χ2n) is 3.51. The molecule has 0 aliphatic carbocycles. The average molecular weight is 333 g/mol. The van der Waals surface area contributed by atoms with Crippen molar-refractivity contribution in [2.75, 3.05) is 12.3 Å². The van der Waals surface area contributed by atoms with E-state index < -0.39 is 0 Å². The highest BCUT2D eigenvalue weighted by Gasteiger charge is 2.01. The summed E-state index contributed by atoms with van der Waals surface area (Å²) in [5.74, 6) is 0.965. The van der Waals surface area contributed by atoms with E-state index in [1.165, 1.54) is 4.88 Å². The van der Waals surface area contributed by atoms with Gasteiger partial charge in [-0.1, -0.05) is 11.8 Å². The van der Waals surface area contributed by atoms with Gasteiger partial charge in [0.1, 0.15) is 6.26 Å². The van der Waals surface area contributed by atoms with E-state index in [2.05, 4.69) is 37.7 Å². The number of aryl methyl sites for hydroxylation is 1. The highest BCUT2D eigenvalue weighted by molar-refractivity contribution is 9.10. The maximum absolute atomic E-state index is 5.25. The Bertz CT molecular complexity index is 427. The molecule has 6 heteroatoms. The average Bonchev–Trinajstić information content (AvgIpc) is 2.88. The zero-order chi connectivity index (χ0) is 12.1. The van der Waals surface area contributed by atoms with Gasteiger partial charge in [-0.25, -0.2) is 4.98 Å². The molecule has 17 heavy (non-hydrogen) atoms. The first-order chi connectivity index (χ1) is 8.24. The Hall–Kier alpha value is -0.300. The van der Waals surface area contributed by atoms with E-state index in [9.17, 15) is 0 Å². The molecule has 0 fully saturated rings. The summed E-state index contributed by atoms with van der Waals surface area (Å²) < 4.78 is 6.41.